The Morgan fingerprint density at radius 3 is 3.12 bits per heavy atom. The molecule has 0 bridgehead atoms. The predicted octanol–water partition coefficient (Wildman–Crippen LogP) is 1.96. The van der Waals surface area contributed by atoms with Gasteiger partial charge in [-0.05, 0) is 25.4 Å². The summed E-state index contributed by atoms with van der Waals surface area (Å²) in [6.07, 6.45) is 0.744. The van der Waals surface area contributed by atoms with Gasteiger partial charge in [-0.25, -0.2) is 0 Å². The van der Waals surface area contributed by atoms with Crippen LogP contribution in [0.1, 0.15) is 12.7 Å². The third-order valence-electron chi connectivity index (χ3n) is 2.49. The average Bonchev–Trinajstić information content (AvgIpc) is 2.95. The molecule has 17 heavy (non-hydrogen) atoms. The van der Waals surface area contributed by atoms with E-state index >= 15 is 0 Å². The fourth-order valence-corrected chi connectivity index (χ4v) is 2.20. The second-order valence-corrected chi connectivity index (χ2v) is 4.64. The number of ether oxygens (including phenoxy) is 1. The minimum absolute atomic E-state index is 0.325. The first-order valence-corrected chi connectivity index (χ1v) is 6.24. The molecule has 0 saturated carbocycles. The Kier molecular flexibility index (Phi) is 3.75. The molecule has 2 aromatic rings. The molecule has 1 atom stereocenters. The highest BCUT2D eigenvalue weighted by Crippen LogP contribution is 2.34. The summed E-state index contributed by atoms with van der Waals surface area (Å²) in [6, 6.07) is 2.21. The predicted molar refractivity (Wildman–Crippen MR) is 66.4 cm³/mol. The van der Waals surface area contributed by atoms with Crippen LogP contribution >= 0.6 is 11.3 Å². The Balaban J connectivity index is 2.18. The lowest BCUT2D eigenvalue weighted by Crippen LogP contribution is -2.24. The van der Waals surface area contributed by atoms with Gasteiger partial charge in [-0.1, -0.05) is 5.16 Å². The highest BCUT2D eigenvalue weighted by molar-refractivity contribution is 7.13. The van der Waals surface area contributed by atoms with Gasteiger partial charge in [0, 0.05) is 12.5 Å². The summed E-state index contributed by atoms with van der Waals surface area (Å²) in [5.41, 5.74) is 0. The van der Waals surface area contributed by atoms with E-state index in [1.165, 1.54) is 11.3 Å². The summed E-state index contributed by atoms with van der Waals surface area (Å²) in [5, 5.41) is 9.04. The van der Waals surface area contributed by atoms with Gasteiger partial charge in [-0.2, -0.15) is 4.98 Å². The molecular weight excluding hydrogens is 238 g/mol. The molecule has 0 aliphatic carbocycles. The average molecular weight is 253 g/mol. The summed E-state index contributed by atoms with van der Waals surface area (Å²) >= 11 is 1.53. The van der Waals surface area contributed by atoms with Crippen molar-refractivity contribution in [3.8, 4) is 16.5 Å². The largest absolute Gasteiger partial charge is 0.495 e. The lowest BCUT2D eigenvalue weighted by atomic mass is 10.2. The van der Waals surface area contributed by atoms with E-state index in [4.69, 9.17) is 9.26 Å². The van der Waals surface area contributed by atoms with Crippen LogP contribution < -0.4 is 10.1 Å². The molecule has 6 heteroatoms. The molecule has 2 heterocycles. The van der Waals surface area contributed by atoms with Gasteiger partial charge in [0.1, 0.15) is 10.6 Å². The molecule has 0 fully saturated rings. The number of likely N-dealkylation sites (N-methyl/N-ethyl adjacent to an activating group) is 1. The molecule has 5 nitrogen and oxygen atoms in total. The topological polar surface area (TPSA) is 60.2 Å². The van der Waals surface area contributed by atoms with Gasteiger partial charge in [0.05, 0.1) is 7.11 Å². The summed E-state index contributed by atoms with van der Waals surface area (Å²) in [6.45, 7) is 2.07. The maximum absolute atomic E-state index is 5.24. The van der Waals surface area contributed by atoms with Crippen molar-refractivity contribution in [1.29, 1.82) is 0 Å². The van der Waals surface area contributed by atoms with E-state index in [0.29, 0.717) is 17.8 Å². The molecule has 0 amide bonds. The van der Waals surface area contributed by atoms with Gasteiger partial charge in [-0.15, -0.1) is 11.3 Å². The van der Waals surface area contributed by atoms with Crippen LogP contribution in [0, 0.1) is 0 Å². The molecule has 0 aromatic carbocycles. The maximum Gasteiger partial charge on any atom is 0.271 e. The van der Waals surface area contributed by atoms with Crippen molar-refractivity contribution in [2.24, 2.45) is 0 Å². The highest BCUT2D eigenvalue weighted by atomic mass is 32.1. The zero-order valence-corrected chi connectivity index (χ0v) is 10.9. The van der Waals surface area contributed by atoms with Crippen LogP contribution in [0.4, 0.5) is 0 Å². The number of hydrogen-bond donors (Lipinski definition) is 1. The van der Waals surface area contributed by atoms with Crippen molar-refractivity contribution in [3.05, 3.63) is 17.3 Å². The van der Waals surface area contributed by atoms with Crippen molar-refractivity contribution in [2.45, 2.75) is 19.4 Å². The van der Waals surface area contributed by atoms with Gasteiger partial charge in [-0.3, -0.25) is 0 Å². The highest BCUT2D eigenvalue weighted by Gasteiger charge is 2.15. The van der Waals surface area contributed by atoms with Gasteiger partial charge < -0.3 is 14.6 Å². The monoisotopic (exact) mass is 253 g/mol. The first-order valence-electron chi connectivity index (χ1n) is 5.36. The molecule has 0 aliphatic heterocycles. The Morgan fingerprint density at radius 1 is 1.59 bits per heavy atom. The van der Waals surface area contributed by atoms with E-state index in [9.17, 15) is 0 Å². The third kappa shape index (κ3) is 2.65. The number of hydrogen-bond acceptors (Lipinski definition) is 6. The molecule has 2 rings (SSSR count). The Bertz CT molecular complexity index is 481. The number of rotatable bonds is 5. The molecule has 2 aromatic heterocycles. The van der Waals surface area contributed by atoms with Crippen LogP contribution in [0.3, 0.4) is 0 Å². The van der Waals surface area contributed by atoms with Crippen LogP contribution in [0.25, 0.3) is 10.8 Å². The van der Waals surface area contributed by atoms with Gasteiger partial charge in [0.25, 0.3) is 5.89 Å². The van der Waals surface area contributed by atoms with Crippen LogP contribution in [0.5, 0.6) is 5.75 Å². The number of nitrogens with one attached hydrogen (secondary N) is 1. The summed E-state index contributed by atoms with van der Waals surface area (Å²) < 4.78 is 10.5. The molecule has 92 valence electrons. The number of thiophene rings is 1. The first-order chi connectivity index (χ1) is 8.24. The molecule has 0 saturated heterocycles. The Morgan fingerprint density at radius 2 is 2.41 bits per heavy atom. The Hall–Kier alpha value is -1.40. The minimum atomic E-state index is 0.325. The molecule has 0 radical (unpaired) electrons. The van der Waals surface area contributed by atoms with Gasteiger partial charge in [0.15, 0.2) is 5.82 Å². The minimum Gasteiger partial charge on any atom is -0.495 e. The second-order valence-electron chi connectivity index (χ2n) is 3.73. The van der Waals surface area contributed by atoms with E-state index in [-0.39, 0.29) is 0 Å². The van der Waals surface area contributed by atoms with Crippen LogP contribution in [-0.2, 0) is 6.42 Å². The standard InChI is InChI=1S/C11H15N3O2S/c1-7(12-2)6-9-13-11(16-14-9)10-8(15-3)4-5-17-10/h4-5,7,12H,6H2,1-3H3. The molecule has 0 spiro atoms. The van der Waals surface area contributed by atoms with E-state index < -0.39 is 0 Å². The lowest BCUT2D eigenvalue weighted by Gasteiger charge is -2.04. The lowest BCUT2D eigenvalue weighted by molar-refractivity contribution is 0.403. The van der Waals surface area contributed by atoms with Crippen molar-refractivity contribution >= 4 is 11.3 Å². The van der Waals surface area contributed by atoms with Crippen LogP contribution in [0.2, 0.25) is 0 Å². The van der Waals surface area contributed by atoms with E-state index in [2.05, 4.69) is 22.4 Å². The van der Waals surface area contributed by atoms with Gasteiger partial charge in [0.2, 0.25) is 0 Å². The quantitative estimate of drug-likeness (QED) is 0.882. The van der Waals surface area contributed by atoms with Crippen molar-refractivity contribution < 1.29 is 9.26 Å². The van der Waals surface area contributed by atoms with E-state index in [1.54, 1.807) is 7.11 Å². The molecule has 1 unspecified atom stereocenters. The van der Waals surface area contributed by atoms with E-state index in [0.717, 1.165) is 17.0 Å². The van der Waals surface area contributed by atoms with E-state index in [1.807, 2.05) is 18.5 Å². The van der Waals surface area contributed by atoms with Crippen LogP contribution in [-0.4, -0.2) is 30.3 Å². The number of methoxy groups -OCH3 is 1. The smallest absolute Gasteiger partial charge is 0.271 e. The summed E-state index contributed by atoms with van der Waals surface area (Å²) in [7, 11) is 3.54. The molecule has 1 N–H and O–H groups in total. The zero-order chi connectivity index (χ0) is 12.3. The van der Waals surface area contributed by atoms with Crippen molar-refractivity contribution in [1.82, 2.24) is 15.5 Å². The number of aromatic nitrogens is 2. The Labute approximate surface area is 104 Å². The van der Waals surface area contributed by atoms with Gasteiger partial charge >= 0.3 is 0 Å². The fourth-order valence-electron chi connectivity index (χ4n) is 1.42. The first kappa shape index (κ1) is 12.1. The fraction of sp³-hybridized carbons (Fsp3) is 0.455. The second kappa shape index (κ2) is 5.29. The van der Waals surface area contributed by atoms with Crippen molar-refractivity contribution in [2.75, 3.05) is 14.2 Å². The van der Waals surface area contributed by atoms with Crippen molar-refractivity contribution in [3.63, 3.8) is 0 Å². The summed E-state index contributed by atoms with van der Waals surface area (Å²) in [5.74, 6) is 2.00. The maximum atomic E-state index is 5.24. The number of nitrogens with zero attached hydrogens (tertiary/aromatic N) is 2. The summed E-state index contributed by atoms with van der Waals surface area (Å²) in [4.78, 5) is 5.24. The van der Waals surface area contributed by atoms with Crippen LogP contribution in [0.15, 0.2) is 16.0 Å². The SMILES string of the molecule is CNC(C)Cc1noc(-c2sccc2OC)n1. The normalized spacial score (nSPS) is 12.6. The molecular formula is C11H15N3O2S. The zero-order valence-electron chi connectivity index (χ0n) is 10.1. The third-order valence-corrected chi connectivity index (χ3v) is 3.38. The molecule has 0 aliphatic rings.